The van der Waals surface area contributed by atoms with E-state index in [4.69, 9.17) is 0 Å². The van der Waals surface area contributed by atoms with Crippen LogP contribution in [0.2, 0.25) is 0 Å². The molecule has 1 rings (SSSR count). The molecule has 0 radical (unpaired) electrons. The van der Waals surface area contributed by atoms with Crippen LogP contribution in [0.4, 0.5) is 22.0 Å². The van der Waals surface area contributed by atoms with E-state index in [0.717, 1.165) is 0 Å². The third kappa shape index (κ3) is 3.93. The average Bonchev–Trinajstić information content (AvgIpc) is 2.26. The minimum atomic E-state index is -5.21. The number of carbonyl (C=O) groups is 1. The molecule has 5 nitrogen and oxygen atoms in total. The molecule has 0 saturated heterocycles. The van der Waals surface area contributed by atoms with Crippen LogP contribution in [-0.4, -0.2) is 23.9 Å². The predicted molar refractivity (Wildman–Crippen MR) is 54.7 cm³/mol. The number of rotatable bonds is 4. The molecule has 0 amide bonds. The molecule has 0 bridgehead atoms. The summed E-state index contributed by atoms with van der Waals surface area (Å²) in [6.45, 7) is 1.16. The molecule has 0 unspecified atom stereocenters. The van der Waals surface area contributed by atoms with Crippen LogP contribution < -0.4 is 10.3 Å². The van der Waals surface area contributed by atoms with E-state index in [9.17, 15) is 31.5 Å². The van der Waals surface area contributed by atoms with Crippen LogP contribution in [-0.2, 0) is 4.74 Å². The Bertz CT molecular complexity index is 552. The van der Waals surface area contributed by atoms with E-state index in [1.165, 1.54) is 11.9 Å². The Morgan fingerprint density at radius 1 is 1.40 bits per heavy atom. The number of hydrogen-bond donors (Lipinski definition) is 1. The minimum Gasteiger partial charge on any atom is -0.462 e. The number of esters is 1. The van der Waals surface area contributed by atoms with E-state index in [0.29, 0.717) is 6.07 Å². The van der Waals surface area contributed by atoms with Gasteiger partial charge in [0, 0.05) is 0 Å². The molecular weight excluding hydrogens is 293 g/mol. The summed E-state index contributed by atoms with van der Waals surface area (Å²) < 4.78 is 69.2. The molecule has 1 aromatic heterocycles. The molecule has 0 aromatic carbocycles. The van der Waals surface area contributed by atoms with Crippen molar-refractivity contribution < 1.29 is 36.2 Å². The number of alkyl halides is 5. The van der Waals surface area contributed by atoms with Crippen molar-refractivity contribution in [2.75, 3.05) is 6.61 Å². The highest BCUT2D eigenvalue weighted by molar-refractivity contribution is 5.92. The highest BCUT2D eigenvalue weighted by atomic mass is 19.4. The van der Waals surface area contributed by atoms with Crippen molar-refractivity contribution in [1.29, 1.82) is 0 Å². The maximum Gasteiger partial charge on any atom is 0.574 e. The van der Waals surface area contributed by atoms with Crippen LogP contribution in [0.3, 0.4) is 0 Å². The van der Waals surface area contributed by atoms with Gasteiger partial charge in [-0.05, 0) is 13.0 Å². The van der Waals surface area contributed by atoms with E-state index in [1.54, 1.807) is 0 Å². The van der Waals surface area contributed by atoms with Gasteiger partial charge in [-0.15, -0.1) is 13.2 Å². The maximum atomic E-state index is 12.5. The quantitative estimate of drug-likeness (QED) is 0.685. The summed E-state index contributed by atoms with van der Waals surface area (Å²) >= 11 is 0. The van der Waals surface area contributed by atoms with Gasteiger partial charge in [-0.25, -0.2) is 13.6 Å². The molecule has 1 N–H and O–H groups in total. The third-order valence-electron chi connectivity index (χ3n) is 1.98. The molecule has 0 saturated carbocycles. The fourth-order valence-electron chi connectivity index (χ4n) is 1.25. The Morgan fingerprint density at radius 3 is 2.45 bits per heavy atom. The number of aromatic nitrogens is 1. The lowest BCUT2D eigenvalue weighted by atomic mass is 10.2. The predicted octanol–water partition coefficient (Wildman–Crippen LogP) is 2.39. The van der Waals surface area contributed by atoms with Crippen LogP contribution in [0.5, 0.6) is 5.88 Å². The lowest BCUT2D eigenvalue weighted by Crippen LogP contribution is -2.24. The summed E-state index contributed by atoms with van der Waals surface area (Å²) in [6, 6.07) is 0.308. The van der Waals surface area contributed by atoms with Gasteiger partial charge in [0.15, 0.2) is 0 Å². The summed E-state index contributed by atoms with van der Waals surface area (Å²) in [7, 11) is 0. The van der Waals surface area contributed by atoms with Gasteiger partial charge in [0.1, 0.15) is 5.56 Å². The Labute approximate surface area is 108 Å². The van der Waals surface area contributed by atoms with Crippen molar-refractivity contribution in [2.45, 2.75) is 19.7 Å². The molecule has 10 heteroatoms. The minimum absolute atomic E-state index is 0.201. The summed E-state index contributed by atoms with van der Waals surface area (Å²) in [5.74, 6) is -2.63. The van der Waals surface area contributed by atoms with Crippen LogP contribution in [0.25, 0.3) is 0 Å². The van der Waals surface area contributed by atoms with Gasteiger partial charge in [0.2, 0.25) is 5.88 Å². The first-order chi connectivity index (χ1) is 9.15. The molecule has 0 aliphatic heterocycles. The SMILES string of the molecule is CCOC(=O)c1cc(C(F)F)c(=O)[nH]c1OC(F)(F)F. The topological polar surface area (TPSA) is 68.4 Å². The number of ether oxygens (including phenoxy) is 2. The van der Waals surface area contributed by atoms with Gasteiger partial charge in [-0.3, -0.25) is 9.78 Å². The van der Waals surface area contributed by atoms with E-state index in [1.807, 2.05) is 0 Å². The number of H-pyrrole nitrogens is 1. The molecular formula is C10H8F5NO4. The molecule has 0 fully saturated rings. The molecule has 112 valence electrons. The monoisotopic (exact) mass is 301 g/mol. The zero-order valence-electron chi connectivity index (χ0n) is 9.88. The fraction of sp³-hybridized carbons (Fsp3) is 0.400. The first kappa shape index (κ1) is 15.9. The van der Waals surface area contributed by atoms with Crippen molar-refractivity contribution in [1.82, 2.24) is 4.98 Å². The number of nitrogens with one attached hydrogen (secondary N) is 1. The van der Waals surface area contributed by atoms with E-state index in [2.05, 4.69) is 9.47 Å². The number of aromatic amines is 1. The zero-order valence-corrected chi connectivity index (χ0v) is 9.88. The Hall–Kier alpha value is -2.13. The van der Waals surface area contributed by atoms with Crippen LogP contribution in [0.15, 0.2) is 10.9 Å². The Balaban J connectivity index is 3.37. The molecule has 0 atom stereocenters. The summed E-state index contributed by atoms with van der Waals surface area (Å²) in [5, 5.41) is 0. The second-order valence-corrected chi connectivity index (χ2v) is 3.37. The second kappa shape index (κ2) is 5.88. The van der Waals surface area contributed by atoms with Crippen molar-refractivity contribution in [3.63, 3.8) is 0 Å². The van der Waals surface area contributed by atoms with Gasteiger partial charge < -0.3 is 9.47 Å². The number of carbonyl (C=O) groups excluding carboxylic acids is 1. The molecule has 0 aliphatic carbocycles. The number of hydrogen-bond acceptors (Lipinski definition) is 4. The lowest BCUT2D eigenvalue weighted by molar-refractivity contribution is -0.276. The van der Waals surface area contributed by atoms with Crippen molar-refractivity contribution in [3.05, 3.63) is 27.5 Å². The lowest BCUT2D eigenvalue weighted by Gasteiger charge is -2.13. The normalized spacial score (nSPS) is 11.6. The first-order valence-corrected chi connectivity index (χ1v) is 5.14. The smallest absolute Gasteiger partial charge is 0.462 e. The number of halogens is 5. The second-order valence-electron chi connectivity index (χ2n) is 3.37. The zero-order chi connectivity index (χ0) is 15.5. The fourth-order valence-corrected chi connectivity index (χ4v) is 1.25. The highest BCUT2D eigenvalue weighted by Crippen LogP contribution is 2.26. The molecule has 1 aromatic rings. The van der Waals surface area contributed by atoms with Crippen LogP contribution >= 0.6 is 0 Å². The highest BCUT2D eigenvalue weighted by Gasteiger charge is 2.34. The largest absolute Gasteiger partial charge is 0.574 e. The summed E-state index contributed by atoms with van der Waals surface area (Å²) in [6.07, 6.45) is -8.48. The average molecular weight is 301 g/mol. The molecule has 0 spiro atoms. The van der Waals surface area contributed by atoms with Crippen molar-refractivity contribution in [2.24, 2.45) is 0 Å². The van der Waals surface area contributed by atoms with Gasteiger partial charge in [0.05, 0.1) is 12.2 Å². The molecule has 1 heterocycles. The molecule has 20 heavy (non-hydrogen) atoms. The van der Waals surface area contributed by atoms with Crippen molar-refractivity contribution in [3.8, 4) is 5.88 Å². The van der Waals surface area contributed by atoms with Gasteiger partial charge in [-0.2, -0.15) is 0 Å². The van der Waals surface area contributed by atoms with Gasteiger partial charge in [0.25, 0.3) is 12.0 Å². The van der Waals surface area contributed by atoms with E-state index < -0.39 is 41.3 Å². The van der Waals surface area contributed by atoms with E-state index in [-0.39, 0.29) is 6.61 Å². The number of pyridine rings is 1. The van der Waals surface area contributed by atoms with Gasteiger partial charge in [-0.1, -0.05) is 0 Å². The summed E-state index contributed by atoms with van der Waals surface area (Å²) in [4.78, 5) is 24.0. The standard InChI is InChI=1S/C10H8F5NO4/c1-2-19-9(18)5-3-4(6(11)12)7(17)16-8(5)20-10(13,14)15/h3,6H,2H2,1H3,(H,16,17). The molecule has 0 aliphatic rings. The Morgan fingerprint density at radius 2 is 2.00 bits per heavy atom. The van der Waals surface area contributed by atoms with Crippen LogP contribution in [0.1, 0.15) is 29.3 Å². The van der Waals surface area contributed by atoms with Gasteiger partial charge >= 0.3 is 12.3 Å². The third-order valence-corrected chi connectivity index (χ3v) is 1.98. The maximum absolute atomic E-state index is 12.5. The summed E-state index contributed by atoms with van der Waals surface area (Å²) in [5.41, 5.74) is -3.60. The van der Waals surface area contributed by atoms with E-state index >= 15 is 0 Å². The van der Waals surface area contributed by atoms with Crippen molar-refractivity contribution >= 4 is 5.97 Å². The Kier molecular flexibility index (Phi) is 4.69. The van der Waals surface area contributed by atoms with Crippen LogP contribution in [0, 0.1) is 0 Å². The first-order valence-electron chi connectivity index (χ1n) is 5.14.